The predicted octanol–water partition coefficient (Wildman–Crippen LogP) is 1.11. The minimum absolute atomic E-state index is 0.0796. The SMILES string of the molecule is COc1nc(C)ccc1CN1CC1C#N. The van der Waals surface area contributed by atoms with E-state index < -0.39 is 0 Å². The summed E-state index contributed by atoms with van der Waals surface area (Å²) in [5.41, 5.74) is 1.99. The Bertz CT molecular complexity index is 411. The molecule has 0 aliphatic carbocycles. The molecule has 0 radical (unpaired) electrons. The lowest BCUT2D eigenvalue weighted by molar-refractivity contribution is 0.383. The molecule has 0 N–H and O–H groups in total. The summed E-state index contributed by atoms with van der Waals surface area (Å²) in [7, 11) is 1.62. The van der Waals surface area contributed by atoms with Crippen molar-refractivity contribution in [3.63, 3.8) is 0 Å². The number of ether oxygens (including phenoxy) is 1. The zero-order chi connectivity index (χ0) is 10.8. The monoisotopic (exact) mass is 203 g/mol. The van der Waals surface area contributed by atoms with Gasteiger partial charge in [-0.3, -0.25) is 4.90 Å². The largest absolute Gasteiger partial charge is 0.481 e. The highest BCUT2D eigenvalue weighted by Gasteiger charge is 2.34. The van der Waals surface area contributed by atoms with Crippen LogP contribution in [0.15, 0.2) is 12.1 Å². The Hall–Kier alpha value is -1.60. The van der Waals surface area contributed by atoms with E-state index in [-0.39, 0.29) is 6.04 Å². The van der Waals surface area contributed by atoms with Crippen molar-refractivity contribution in [1.29, 1.82) is 5.26 Å². The van der Waals surface area contributed by atoms with Gasteiger partial charge in [-0.05, 0) is 13.0 Å². The summed E-state index contributed by atoms with van der Waals surface area (Å²) in [5, 5.41) is 8.69. The lowest BCUT2D eigenvalue weighted by atomic mass is 10.2. The molecule has 15 heavy (non-hydrogen) atoms. The molecular weight excluding hydrogens is 190 g/mol. The number of aryl methyl sites for hydroxylation is 1. The van der Waals surface area contributed by atoms with E-state index in [0.717, 1.165) is 24.3 Å². The van der Waals surface area contributed by atoms with Gasteiger partial charge in [0, 0.05) is 24.3 Å². The smallest absolute Gasteiger partial charge is 0.217 e. The Balaban J connectivity index is 2.12. The molecule has 0 amide bonds. The van der Waals surface area contributed by atoms with Gasteiger partial charge in [-0.1, -0.05) is 6.07 Å². The fourth-order valence-electron chi connectivity index (χ4n) is 1.55. The maximum absolute atomic E-state index is 8.69. The van der Waals surface area contributed by atoms with E-state index in [1.54, 1.807) is 7.11 Å². The van der Waals surface area contributed by atoms with Crippen LogP contribution in [-0.2, 0) is 6.54 Å². The Morgan fingerprint density at radius 2 is 2.47 bits per heavy atom. The van der Waals surface area contributed by atoms with E-state index >= 15 is 0 Å². The van der Waals surface area contributed by atoms with Crippen molar-refractivity contribution in [3.05, 3.63) is 23.4 Å². The fraction of sp³-hybridized carbons (Fsp3) is 0.455. The lowest BCUT2D eigenvalue weighted by Gasteiger charge is -2.08. The first-order chi connectivity index (χ1) is 7.24. The van der Waals surface area contributed by atoms with Gasteiger partial charge in [0.2, 0.25) is 5.88 Å². The molecule has 4 nitrogen and oxygen atoms in total. The van der Waals surface area contributed by atoms with Crippen LogP contribution in [0.1, 0.15) is 11.3 Å². The highest BCUT2D eigenvalue weighted by Crippen LogP contribution is 2.24. The quantitative estimate of drug-likeness (QED) is 0.690. The standard InChI is InChI=1S/C11H13N3O/c1-8-3-4-9(11(13-8)15-2)6-14-7-10(14)5-12/h3-4,10H,6-7H2,1-2H3. The van der Waals surface area contributed by atoms with Crippen LogP contribution in [0.5, 0.6) is 5.88 Å². The third-order valence-electron chi connectivity index (χ3n) is 2.51. The van der Waals surface area contributed by atoms with Crippen molar-refractivity contribution in [3.8, 4) is 11.9 Å². The van der Waals surface area contributed by atoms with Crippen LogP contribution in [0, 0.1) is 18.3 Å². The summed E-state index contributed by atoms with van der Waals surface area (Å²) in [4.78, 5) is 6.37. The summed E-state index contributed by atoms with van der Waals surface area (Å²) in [5.74, 6) is 0.665. The van der Waals surface area contributed by atoms with Crippen molar-refractivity contribution in [2.45, 2.75) is 19.5 Å². The molecule has 2 rings (SSSR count). The minimum atomic E-state index is 0.0796. The summed E-state index contributed by atoms with van der Waals surface area (Å²) >= 11 is 0. The van der Waals surface area contributed by atoms with Crippen LogP contribution in [0.3, 0.4) is 0 Å². The summed E-state index contributed by atoms with van der Waals surface area (Å²) in [6, 6.07) is 6.27. The van der Waals surface area contributed by atoms with E-state index in [0.29, 0.717) is 5.88 Å². The number of rotatable bonds is 3. The minimum Gasteiger partial charge on any atom is -0.481 e. The van der Waals surface area contributed by atoms with Crippen LogP contribution < -0.4 is 4.74 Å². The maximum atomic E-state index is 8.69. The second kappa shape index (κ2) is 3.87. The van der Waals surface area contributed by atoms with Gasteiger partial charge in [-0.25, -0.2) is 4.98 Å². The summed E-state index contributed by atoms with van der Waals surface area (Å²) in [6.45, 7) is 3.53. The normalized spacial score (nSPS) is 23.3. The van der Waals surface area contributed by atoms with Crippen LogP contribution in [0.4, 0.5) is 0 Å². The van der Waals surface area contributed by atoms with Crippen molar-refractivity contribution < 1.29 is 4.74 Å². The molecule has 0 aromatic carbocycles. The molecule has 1 aliphatic rings. The zero-order valence-electron chi connectivity index (χ0n) is 8.90. The van der Waals surface area contributed by atoms with Crippen LogP contribution in [0.25, 0.3) is 0 Å². The number of nitriles is 1. The van der Waals surface area contributed by atoms with Gasteiger partial charge in [0.15, 0.2) is 0 Å². The van der Waals surface area contributed by atoms with E-state index in [1.807, 2.05) is 19.1 Å². The molecule has 2 atom stereocenters. The van der Waals surface area contributed by atoms with Gasteiger partial charge in [0.05, 0.1) is 13.2 Å². The molecule has 1 aromatic rings. The van der Waals surface area contributed by atoms with Gasteiger partial charge in [-0.15, -0.1) is 0 Å². The zero-order valence-corrected chi connectivity index (χ0v) is 8.90. The third kappa shape index (κ3) is 2.08. The fourth-order valence-corrected chi connectivity index (χ4v) is 1.55. The topological polar surface area (TPSA) is 48.9 Å². The van der Waals surface area contributed by atoms with E-state index in [9.17, 15) is 0 Å². The first-order valence-electron chi connectivity index (χ1n) is 4.89. The molecular formula is C11H13N3O. The molecule has 2 unspecified atom stereocenters. The number of nitrogens with zero attached hydrogens (tertiary/aromatic N) is 3. The second-order valence-electron chi connectivity index (χ2n) is 3.70. The number of pyridine rings is 1. The van der Waals surface area contributed by atoms with Gasteiger partial charge in [-0.2, -0.15) is 5.26 Å². The maximum Gasteiger partial charge on any atom is 0.217 e. The molecule has 1 aliphatic heterocycles. The number of methoxy groups -OCH3 is 1. The van der Waals surface area contributed by atoms with E-state index in [4.69, 9.17) is 10.00 Å². The van der Waals surface area contributed by atoms with Crippen molar-refractivity contribution in [2.75, 3.05) is 13.7 Å². The third-order valence-corrected chi connectivity index (χ3v) is 2.51. The van der Waals surface area contributed by atoms with Gasteiger partial charge in [0.1, 0.15) is 6.04 Å². The van der Waals surface area contributed by atoms with Crippen LogP contribution in [0.2, 0.25) is 0 Å². The number of aromatic nitrogens is 1. The summed E-state index contributed by atoms with van der Waals surface area (Å²) < 4.78 is 5.20. The van der Waals surface area contributed by atoms with Crippen LogP contribution >= 0.6 is 0 Å². The molecule has 1 fully saturated rings. The predicted molar refractivity (Wildman–Crippen MR) is 55.3 cm³/mol. The first-order valence-corrected chi connectivity index (χ1v) is 4.89. The Morgan fingerprint density at radius 1 is 1.67 bits per heavy atom. The molecule has 1 saturated heterocycles. The molecule has 2 heterocycles. The van der Waals surface area contributed by atoms with E-state index in [2.05, 4.69) is 16.0 Å². The summed E-state index contributed by atoms with van der Waals surface area (Å²) in [6.07, 6.45) is 0. The number of hydrogen-bond donors (Lipinski definition) is 0. The highest BCUT2D eigenvalue weighted by molar-refractivity contribution is 5.29. The Kier molecular flexibility index (Phi) is 2.57. The number of hydrogen-bond acceptors (Lipinski definition) is 4. The van der Waals surface area contributed by atoms with Gasteiger partial charge in [0.25, 0.3) is 0 Å². The first kappa shape index (κ1) is 9.94. The molecule has 0 saturated carbocycles. The molecule has 78 valence electrons. The Labute approximate surface area is 89.1 Å². The Morgan fingerprint density at radius 3 is 3.07 bits per heavy atom. The molecule has 4 heteroatoms. The van der Waals surface area contributed by atoms with Crippen molar-refractivity contribution in [2.24, 2.45) is 0 Å². The molecule has 0 bridgehead atoms. The van der Waals surface area contributed by atoms with Gasteiger partial charge >= 0.3 is 0 Å². The van der Waals surface area contributed by atoms with Crippen LogP contribution in [-0.4, -0.2) is 29.6 Å². The molecule has 1 aromatic heterocycles. The average molecular weight is 203 g/mol. The van der Waals surface area contributed by atoms with Crippen molar-refractivity contribution >= 4 is 0 Å². The second-order valence-corrected chi connectivity index (χ2v) is 3.70. The lowest BCUT2D eigenvalue weighted by Crippen LogP contribution is -2.04. The average Bonchev–Trinajstić information content (AvgIpc) is 2.99. The van der Waals surface area contributed by atoms with Gasteiger partial charge < -0.3 is 4.74 Å². The highest BCUT2D eigenvalue weighted by atomic mass is 16.5. The van der Waals surface area contributed by atoms with E-state index in [1.165, 1.54) is 0 Å². The molecule has 0 spiro atoms. The van der Waals surface area contributed by atoms with Crippen molar-refractivity contribution in [1.82, 2.24) is 9.88 Å².